The van der Waals surface area contributed by atoms with E-state index >= 15 is 0 Å². The van der Waals surface area contributed by atoms with Crippen molar-refractivity contribution in [3.05, 3.63) is 0 Å². The van der Waals surface area contributed by atoms with Crippen LogP contribution in [0.25, 0.3) is 0 Å². The lowest BCUT2D eigenvalue weighted by molar-refractivity contribution is 0.0106. The lowest BCUT2D eigenvalue weighted by Crippen LogP contribution is -2.61. The molecule has 0 saturated carbocycles. The summed E-state index contributed by atoms with van der Waals surface area (Å²) in [6.07, 6.45) is 6.68. The standard InChI is InChI=1S/C17H34N4/c1-4-20(5-2)16-8-9-21(12-16)17(13-18)10-14-6-7-15(11-17)19(14)3/h14-16H,4-13,18H2,1-3H3. The van der Waals surface area contributed by atoms with E-state index in [0.29, 0.717) is 5.54 Å². The van der Waals surface area contributed by atoms with Gasteiger partial charge in [0, 0.05) is 43.3 Å². The Kier molecular flexibility index (Phi) is 4.60. The second kappa shape index (κ2) is 6.15. The number of hydrogen-bond acceptors (Lipinski definition) is 4. The largest absolute Gasteiger partial charge is 0.329 e. The van der Waals surface area contributed by atoms with Crippen LogP contribution in [0.15, 0.2) is 0 Å². The summed E-state index contributed by atoms with van der Waals surface area (Å²) >= 11 is 0. The number of hydrogen-bond donors (Lipinski definition) is 1. The lowest BCUT2D eigenvalue weighted by Gasteiger charge is -2.50. The predicted molar refractivity (Wildman–Crippen MR) is 88.5 cm³/mol. The van der Waals surface area contributed by atoms with Gasteiger partial charge in [-0.25, -0.2) is 0 Å². The van der Waals surface area contributed by atoms with E-state index in [2.05, 4.69) is 35.6 Å². The van der Waals surface area contributed by atoms with E-state index in [1.165, 1.54) is 58.3 Å². The van der Waals surface area contributed by atoms with E-state index in [1.54, 1.807) is 0 Å². The second-order valence-corrected chi connectivity index (χ2v) is 7.50. The molecule has 0 aromatic carbocycles. The fourth-order valence-corrected chi connectivity index (χ4v) is 5.31. The van der Waals surface area contributed by atoms with Crippen molar-refractivity contribution in [2.24, 2.45) is 5.73 Å². The van der Waals surface area contributed by atoms with Gasteiger partial charge in [-0.3, -0.25) is 9.80 Å². The number of nitrogens with two attached hydrogens (primary N) is 1. The average molecular weight is 294 g/mol. The van der Waals surface area contributed by atoms with E-state index in [9.17, 15) is 0 Å². The van der Waals surface area contributed by atoms with Gasteiger partial charge in [0.05, 0.1) is 0 Å². The van der Waals surface area contributed by atoms with Crippen molar-refractivity contribution in [3.8, 4) is 0 Å². The highest BCUT2D eigenvalue weighted by Crippen LogP contribution is 2.43. The number of likely N-dealkylation sites (tertiary alicyclic amines) is 1. The highest BCUT2D eigenvalue weighted by atomic mass is 15.3. The number of likely N-dealkylation sites (N-methyl/N-ethyl adjacent to an activating group) is 1. The van der Waals surface area contributed by atoms with Gasteiger partial charge in [0.2, 0.25) is 0 Å². The van der Waals surface area contributed by atoms with Crippen molar-refractivity contribution in [2.75, 3.05) is 39.8 Å². The Labute approximate surface area is 130 Å². The van der Waals surface area contributed by atoms with Crippen molar-refractivity contribution in [1.29, 1.82) is 0 Å². The van der Waals surface area contributed by atoms with Crippen molar-refractivity contribution < 1.29 is 0 Å². The smallest absolute Gasteiger partial charge is 0.0362 e. The van der Waals surface area contributed by atoms with Crippen LogP contribution in [0.2, 0.25) is 0 Å². The minimum Gasteiger partial charge on any atom is -0.329 e. The van der Waals surface area contributed by atoms with Crippen LogP contribution in [-0.4, -0.2) is 78.1 Å². The molecular weight excluding hydrogens is 260 g/mol. The number of fused-ring (bicyclic) bond motifs is 2. The van der Waals surface area contributed by atoms with E-state index in [1.807, 2.05) is 0 Å². The quantitative estimate of drug-likeness (QED) is 0.830. The first-order valence-corrected chi connectivity index (χ1v) is 9.04. The van der Waals surface area contributed by atoms with Gasteiger partial charge in [-0.2, -0.15) is 0 Å². The third-order valence-corrected chi connectivity index (χ3v) is 6.76. The molecule has 4 nitrogen and oxygen atoms in total. The second-order valence-electron chi connectivity index (χ2n) is 7.50. The van der Waals surface area contributed by atoms with Gasteiger partial charge in [-0.05, 0) is 52.2 Å². The van der Waals surface area contributed by atoms with Crippen LogP contribution in [-0.2, 0) is 0 Å². The molecule has 3 aliphatic heterocycles. The van der Waals surface area contributed by atoms with Crippen molar-refractivity contribution in [1.82, 2.24) is 14.7 Å². The molecule has 3 rings (SSSR count). The van der Waals surface area contributed by atoms with Gasteiger partial charge < -0.3 is 10.6 Å². The molecular formula is C17H34N4. The molecule has 122 valence electrons. The Morgan fingerprint density at radius 1 is 1.10 bits per heavy atom. The average Bonchev–Trinajstić information content (AvgIpc) is 3.05. The van der Waals surface area contributed by atoms with E-state index < -0.39 is 0 Å². The van der Waals surface area contributed by atoms with Gasteiger partial charge in [-0.1, -0.05) is 13.8 Å². The van der Waals surface area contributed by atoms with Gasteiger partial charge in [0.15, 0.2) is 0 Å². The van der Waals surface area contributed by atoms with Gasteiger partial charge in [-0.15, -0.1) is 0 Å². The molecule has 3 unspecified atom stereocenters. The normalized spacial score (nSPS) is 41.3. The van der Waals surface area contributed by atoms with E-state index in [0.717, 1.165) is 24.7 Å². The number of nitrogens with zero attached hydrogens (tertiary/aromatic N) is 3. The molecule has 3 heterocycles. The summed E-state index contributed by atoms with van der Waals surface area (Å²) in [7, 11) is 2.32. The highest BCUT2D eigenvalue weighted by Gasteiger charge is 2.50. The molecule has 2 bridgehead atoms. The molecule has 3 aliphatic rings. The molecule has 3 saturated heterocycles. The molecule has 3 atom stereocenters. The Balaban J connectivity index is 1.70. The summed E-state index contributed by atoms with van der Waals surface area (Å²) in [5, 5.41) is 0. The Hall–Kier alpha value is -0.160. The van der Waals surface area contributed by atoms with Crippen molar-refractivity contribution >= 4 is 0 Å². The van der Waals surface area contributed by atoms with Crippen LogP contribution in [0.5, 0.6) is 0 Å². The first-order chi connectivity index (χ1) is 10.1. The van der Waals surface area contributed by atoms with Gasteiger partial charge >= 0.3 is 0 Å². The zero-order valence-electron chi connectivity index (χ0n) is 14.2. The molecule has 2 N–H and O–H groups in total. The third-order valence-electron chi connectivity index (χ3n) is 6.76. The van der Waals surface area contributed by atoms with E-state index in [-0.39, 0.29) is 0 Å². The fraction of sp³-hybridized carbons (Fsp3) is 1.00. The Morgan fingerprint density at radius 2 is 1.71 bits per heavy atom. The zero-order valence-corrected chi connectivity index (χ0v) is 14.2. The van der Waals surface area contributed by atoms with Crippen LogP contribution in [0, 0.1) is 0 Å². The minimum atomic E-state index is 0.292. The SMILES string of the molecule is CCN(CC)C1CCN(C2(CN)CC3CCC(C2)N3C)C1. The Bertz CT molecular complexity index is 341. The molecule has 0 aromatic rings. The molecule has 4 heteroatoms. The first kappa shape index (κ1) is 15.7. The molecule has 0 aliphatic carbocycles. The molecule has 0 aromatic heterocycles. The summed E-state index contributed by atoms with van der Waals surface area (Å²) in [5.74, 6) is 0. The van der Waals surface area contributed by atoms with Crippen LogP contribution < -0.4 is 5.73 Å². The van der Waals surface area contributed by atoms with Crippen molar-refractivity contribution in [2.45, 2.75) is 69.6 Å². The van der Waals surface area contributed by atoms with Crippen LogP contribution >= 0.6 is 0 Å². The molecule has 3 fully saturated rings. The van der Waals surface area contributed by atoms with Crippen molar-refractivity contribution in [3.63, 3.8) is 0 Å². The monoisotopic (exact) mass is 294 g/mol. The predicted octanol–water partition coefficient (Wildman–Crippen LogP) is 1.36. The van der Waals surface area contributed by atoms with E-state index in [4.69, 9.17) is 5.73 Å². The summed E-state index contributed by atoms with van der Waals surface area (Å²) in [6, 6.07) is 2.31. The number of rotatable bonds is 5. The van der Waals surface area contributed by atoms with Crippen LogP contribution in [0.4, 0.5) is 0 Å². The number of piperidine rings is 1. The summed E-state index contributed by atoms with van der Waals surface area (Å²) in [4.78, 5) is 8.04. The maximum Gasteiger partial charge on any atom is 0.0362 e. The molecule has 0 amide bonds. The molecule has 0 spiro atoms. The van der Waals surface area contributed by atoms with Gasteiger partial charge in [0.1, 0.15) is 0 Å². The molecule has 21 heavy (non-hydrogen) atoms. The summed E-state index contributed by atoms with van der Waals surface area (Å²) in [5.41, 5.74) is 6.62. The maximum atomic E-state index is 6.33. The molecule has 0 radical (unpaired) electrons. The summed E-state index contributed by atoms with van der Waals surface area (Å²) < 4.78 is 0. The lowest BCUT2D eigenvalue weighted by atomic mass is 9.81. The fourth-order valence-electron chi connectivity index (χ4n) is 5.31. The zero-order chi connectivity index (χ0) is 15.0. The highest BCUT2D eigenvalue weighted by molar-refractivity contribution is 5.08. The van der Waals surface area contributed by atoms with Crippen LogP contribution in [0.3, 0.4) is 0 Å². The first-order valence-electron chi connectivity index (χ1n) is 9.04. The van der Waals surface area contributed by atoms with Gasteiger partial charge in [0.25, 0.3) is 0 Å². The topological polar surface area (TPSA) is 35.7 Å². The minimum absolute atomic E-state index is 0.292. The van der Waals surface area contributed by atoms with Crippen LogP contribution in [0.1, 0.15) is 46.0 Å². The third kappa shape index (κ3) is 2.65. The Morgan fingerprint density at radius 3 is 2.24 bits per heavy atom. The summed E-state index contributed by atoms with van der Waals surface area (Å²) in [6.45, 7) is 10.3. The maximum absolute atomic E-state index is 6.33.